The van der Waals surface area contributed by atoms with Crippen LogP contribution in [0.4, 0.5) is 11.5 Å². The number of hydrogen-bond donors (Lipinski definition) is 1. The van der Waals surface area contributed by atoms with Gasteiger partial charge in [0.2, 0.25) is 0 Å². The molecule has 1 aromatic carbocycles. The van der Waals surface area contributed by atoms with Crippen molar-refractivity contribution in [1.29, 1.82) is 5.26 Å². The van der Waals surface area contributed by atoms with Crippen LogP contribution in [0.3, 0.4) is 0 Å². The fourth-order valence-corrected chi connectivity index (χ4v) is 1.41. The van der Waals surface area contributed by atoms with Crippen LogP contribution in [-0.4, -0.2) is 14.7 Å². The van der Waals surface area contributed by atoms with Crippen molar-refractivity contribution in [2.24, 2.45) is 0 Å². The number of nitrogens with two attached hydrogens (primary N) is 1. The number of nitro benzene ring substituents is 1. The van der Waals surface area contributed by atoms with Gasteiger partial charge in [0.1, 0.15) is 17.3 Å². The van der Waals surface area contributed by atoms with E-state index in [0.717, 1.165) is 0 Å². The lowest BCUT2D eigenvalue weighted by Crippen LogP contribution is -2.00. The van der Waals surface area contributed by atoms with Gasteiger partial charge in [0.15, 0.2) is 5.82 Å². The van der Waals surface area contributed by atoms with Crippen molar-refractivity contribution in [2.45, 2.75) is 0 Å². The molecule has 84 valence electrons. The first-order valence-electron chi connectivity index (χ1n) is 4.62. The summed E-state index contributed by atoms with van der Waals surface area (Å²) in [5, 5.41) is 23.4. The molecule has 2 aromatic rings. The molecule has 0 aliphatic carbocycles. The largest absolute Gasteiger partial charge is 0.381 e. The number of aromatic nitrogens is 2. The molecule has 0 aliphatic heterocycles. The Balaban J connectivity index is 2.61. The summed E-state index contributed by atoms with van der Waals surface area (Å²) in [6, 6.07) is 7.95. The highest BCUT2D eigenvalue weighted by molar-refractivity contribution is 5.55. The van der Waals surface area contributed by atoms with E-state index in [1.165, 1.54) is 23.0 Å². The van der Waals surface area contributed by atoms with Gasteiger partial charge in [-0.25, -0.2) is 4.68 Å². The summed E-state index contributed by atoms with van der Waals surface area (Å²) in [4.78, 5) is 10.3. The van der Waals surface area contributed by atoms with Gasteiger partial charge in [-0.1, -0.05) is 12.1 Å². The predicted molar refractivity (Wildman–Crippen MR) is 59.3 cm³/mol. The summed E-state index contributed by atoms with van der Waals surface area (Å²) in [6.45, 7) is 0. The molecular formula is C10H7N5O2. The van der Waals surface area contributed by atoms with Crippen molar-refractivity contribution in [2.75, 3.05) is 5.73 Å². The first-order chi connectivity index (χ1) is 8.13. The zero-order valence-corrected chi connectivity index (χ0v) is 8.57. The van der Waals surface area contributed by atoms with Crippen LogP contribution in [0.25, 0.3) is 5.69 Å². The Kier molecular flexibility index (Phi) is 2.46. The molecule has 0 amide bonds. The average Bonchev–Trinajstić information content (AvgIpc) is 2.70. The molecule has 7 nitrogen and oxygen atoms in total. The highest BCUT2D eigenvalue weighted by atomic mass is 16.6. The third kappa shape index (κ3) is 1.79. The van der Waals surface area contributed by atoms with Gasteiger partial charge in [-0.3, -0.25) is 10.1 Å². The monoisotopic (exact) mass is 229 g/mol. The lowest BCUT2D eigenvalue weighted by atomic mass is 10.3. The molecule has 17 heavy (non-hydrogen) atoms. The molecule has 2 N–H and O–H groups in total. The number of nitro groups is 1. The van der Waals surface area contributed by atoms with Gasteiger partial charge in [0.25, 0.3) is 5.69 Å². The van der Waals surface area contributed by atoms with Crippen LogP contribution in [0.15, 0.2) is 30.5 Å². The highest BCUT2D eigenvalue weighted by Crippen LogP contribution is 2.23. The van der Waals surface area contributed by atoms with E-state index >= 15 is 0 Å². The molecule has 0 unspecified atom stereocenters. The van der Waals surface area contributed by atoms with Gasteiger partial charge >= 0.3 is 0 Å². The number of anilines is 1. The third-order valence-electron chi connectivity index (χ3n) is 2.19. The number of nitrogens with zero attached hydrogens (tertiary/aromatic N) is 4. The van der Waals surface area contributed by atoms with Crippen LogP contribution in [0.2, 0.25) is 0 Å². The molecule has 0 radical (unpaired) electrons. The van der Waals surface area contributed by atoms with Crippen molar-refractivity contribution >= 4 is 11.5 Å². The zero-order valence-electron chi connectivity index (χ0n) is 8.57. The second-order valence-corrected chi connectivity index (χ2v) is 3.23. The fraction of sp³-hybridized carbons (Fsp3) is 0. The summed E-state index contributed by atoms with van der Waals surface area (Å²) in [5.74, 6) is 0.0469. The van der Waals surface area contributed by atoms with E-state index in [0.29, 0.717) is 0 Å². The Morgan fingerprint density at radius 3 is 2.76 bits per heavy atom. The second-order valence-electron chi connectivity index (χ2n) is 3.23. The smallest absolute Gasteiger partial charge is 0.294 e. The van der Waals surface area contributed by atoms with Gasteiger partial charge in [-0.05, 0) is 6.07 Å². The molecule has 0 atom stereocenters. The minimum Gasteiger partial charge on any atom is -0.381 e. The van der Waals surface area contributed by atoms with Crippen LogP contribution < -0.4 is 5.73 Å². The number of nitrogen functional groups attached to an aromatic ring is 1. The Morgan fingerprint density at radius 2 is 2.18 bits per heavy atom. The van der Waals surface area contributed by atoms with E-state index in [4.69, 9.17) is 11.0 Å². The van der Waals surface area contributed by atoms with Crippen LogP contribution in [0, 0.1) is 21.4 Å². The summed E-state index contributed by atoms with van der Waals surface area (Å²) in [6.07, 6.45) is 1.36. The van der Waals surface area contributed by atoms with Crippen molar-refractivity contribution < 1.29 is 4.92 Å². The number of rotatable bonds is 2. The summed E-state index contributed by atoms with van der Waals surface area (Å²) in [5.41, 5.74) is 5.85. The quantitative estimate of drug-likeness (QED) is 0.615. The SMILES string of the molecule is N#Cc1cn(-c2ccccc2[N+](=O)[O-])nc1N. The molecular weight excluding hydrogens is 222 g/mol. The first-order valence-corrected chi connectivity index (χ1v) is 4.62. The molecule has 0 fully saturated rings. The van der Waals surface area contributed by atoms with E-state index in [-0.39, 0.29) is 22.8 Å². The number of nitriles is 1. The van der Waals surface area contributed by atoms with Crippen LogP contribution in [-0.2, 0) is 0 Å². The molecule has 1 heterocycles. The molecule has 0 saturated carbocycles. The van der Waals surface area contributed by atoms with Crippen molar-refractivity contribution in [3.63, 3.8) is 0 Å². The van der Waals surface area contributed by atoms with E-state index in [1.54, 1.807) is 12.1 Å². The fourth-order valence-electron chi connectivity index (χ4n) is 1.41. The van der Waals surface area contributed by atoms with Crippen molar-refractivity contribution in [3.05, 3.63) is 46.1 Å². The molecule has 2 rings (SSSR count). The van der Waals surface area contributed by atoms with Gasteiger partial charge in [-0.15, -0.1) is 5.10 Å². The van der Waals surface area contributed by atoms with E-state index in [2.05, 4.69) is 5.10 Å². The number of benzene rings is 1. The van der Waals surface area contributed by atoms with Crippen LogP contribution >= 0.6 is 0 Å². The normalized spacial score (nSPS) is 9.82. The van der Waals surface area contributed by atoms with Crippen molar-refractivity contribution in [1.82, 2.24) is 9.78 Å². The Labute approximate surface area is 95.8 Å². The molecule has 0 aliphatic rings. The van der Waals surface area contributed by atoms with Crippen molar-refractivity contribution in [3.8, 4) is 11.8 Å². The number of hydrogen-bond acceptors (Lipinski definition) is 5. The summed E-state index contributed by atoms with van der Waals surface area (Å²) >= 11 is 0. The van der Waals surface area contributed by atoms with Crippen LogP contribution in [0.1, 0.15) is 5.56 Å². The predicted octanol–water partition coefficient (Wildman–Crippen LogP) is 1.23. The molecule has 7 heteroatoms. The molecule has 0 saturated heterocycles. The number of para-hydroxylation sites is 2. The average molecular weight is 229 g/mol. The van der Waals surface area contributed by atoms with Gasteiger partial charge in [0.05, 0.1) is 11.1 Å². The highest BCUT2D eigenvalue weighted by Gasteiger charge is 2.16. The maximum atomic E-state index is 10.8. The van der Waals surface area contributed by atoms with E-state index in [9.17, 15) is 10.1 Å². The lowest BCUT2D eigenvalue weighted by molar-refractivity contribution is -0.384. The van der Waals surface area contributed by atoms with E-state index < -0.39 is 4.92 Å². The molecule has 0 bridgehead atoms. The Morgan fingerprint density at radius 1 is 1.47 bits per heavy atom. The van der Waals surface area contributed by atoms with Gasteiger partial charge < -0.3 is 5.73 Å². The minimum absolute atomic E-state index is 0.0469. The minimum atomic E-state index is -0.515. The first kappa shape index (κ1) is 10.6. The Hall–Kier alpha value is -2.88. The Bertz CT molecular complexity index is 626. The molecule has 0 spiro atoms. The lowest BCUT2D eigenvalue weighted by Gasteiger charge is -2.01. The topological polar surface area (TPSA) is 111 Å². The van der Waals surface area contributed by atoms with E-state index in [1.807, 2.05) is 6.07 Å². The van der Waals surface area contributed by atoms with Gasteiger partial charge in [0, 0.05) is 6.07 Å². The summed E-state index contributed by atoms with van der Waals surface area (Å²) in [7, 11) is 0. The second kappa shape index (κ2) is 3.94. The standard InChI is InChI=1S/C10H7N5O2/c11-5-7-6-14(13-10(7)12)8-3-1-2-4-9(8)15(16)17/h1-4,6H,(H2,12,13). The van der Waals surface area contributed by atoms with Gasteiger partial charge in [-0.2, -0.15) is 5.26 Å². The van der Waals surface area contributed by atoms with Crippen LogP contribution in [0.5, 0.6) is 0 Å². The zero-order chi connectivity index (χ0) is 12.4. The maximum Gasteiger partial charge on any atom is 0.294 e. The maximum absolute atomic E-state index is 10.8. The summed E-state index contributed by atoms with van der Waals surface area (Å²) < 4.78 is 1.23. The molecule has 1 aromatic heterocycles. The third-order valence-corrected chi connectivity index (χ3v) is 2.19.